The molecule has 0 fully saturated rings. The second-order valence-electron chi connectivity index (χ2n) is 4.46. The number of hydrogen-bond acceptors (Lipinski definition) is 8. The zero-order chi connectivity index (χ0) is 18.3. The molecule has 24 heavy (non-hydrogen) atoms. The lowest BCUT2D eigenvalue weighted by molar-refractivity contribution is -0.165. The van der Waals surface area contributed by atoms with Crippen LogP contribution in [0.2, 0.25) is 0 Å². The van der Waals surface area contributed by atoms with Crippen LogP contribution in [0.5, 0.6) is 17.2 Å². The SMILES string of the molecule is COc1cc(C=CC(=O)OC(=O)C(O)CC(=O)O)cc(OC)c1O. The number of aliphatic carboxylic acids is 1. The minimum absolute atomic E-state index is 0.107. The van der Waals surface area contributed by atoms with Gasteiger partial charge in [0, 0.05) is 6.08 Å². The van der Waals surface area contributed by atoms with E-state index in [1.165, 1.54) is 32.4 Å². The molecule has 1 atom stereocenters. The smallest absolute Gasteiger partial charge is 0.343 e. The molecule has 0 aliphatic rings. The molecule has 0 aliphatic carbocycles. The topological polar surface area (TPSA) is 140 Å². The Kier molecular flexibility index (Phi) is 6.75. The van der Waals surface area contributed by atoms with Crippen LogP contribution in [-0.4, -0.2) is 53.6 Å². The van der Waals surface area contributed by atoms with E-state index in [1.54, 1.807) is 0 Å². The summed E-state index contributed by atoms with van der Waals surface area (Å²) in [6, 6.07) is 2.81. The third-order valence-corrected chi connectivity index (χ3v) is 2.76. The summed E-state index contributed by atoms with van der Waals surface area (Å²) in [6.45, 7) is 0. The number of carbonyl (C=O) groups excluding carboxylic acids is 2. The summed E-state index contributed by atoms with van der Waals surface area (Å²) >= 11 is 0. The largest absolute Gasteiger partial charge is 0.502 e. The number of phenols is 1. The first kappa shape index (κ1) is 19.0. The van der Waals surface area contributed by atoms with E-state index >= 15 is 0 Å². The quantitative estimate of drug-likeness (QED) is 0.364. The molecule has 3 N–H and O–H groups in total. The number of ether oxygens (including phenoxy) is 3. The van der Waals surface area contributed by atoms with Crippen molar-refractivity contribution in [2.75, 3.05) is 14.2 Å². The minimum Gasteiger partial charge on any atom is -0.502 e. The highest BCUT2D eigenvalue weighted by Crippen LogP contribution is 2.37. The molecule has 0 saturated heterocycles. The molecule has 1 aromatic rings. The van der Waals surface area contributed by atoms with Gasteiger partial charge in [0.2, 0.25) is 5.75 Å². The van der Waals surface area contributed by atoms with E-state index in [9.17, 15) is 24.6 Å². The van der Waals surface area contributed by atoms with Gasteiger partial charge in [-0.05, 0) is 23.8 Å². The van der Waals surface area contributed by atoms with E-state index in [-0.39, 0.29) is 17.2 Å². The lowest BCUT2D eigenvalue weighted by Crippen LogP contribution is -2.27. The summed E-state index contributed by atoms with van der Waals surface area (Å²) in [5.74, 6) is -3.88. The molecule has 1 rings (SSSR count). The van der Waals surface area contributed by atoms with Gasteiger partial charge >= 0.3 is 17.9 Å². The second kappa shape index (κ2) is 8.53. The Morgan fingerprint density at radius 3 is 2.17 bits per heavy atom. The maximum absolute atomic E-state index is 11.5. The Hall–Kier alpha value is -3.07. The molecule has 0 saturated carbocycles. The Labute approximate surface area is 136 Å². The predicted octanol–water partition coefficient (Wildman–Crippen LogP) is 0.328. The van der Waals surface area contributed by atoms with Gasteiger partial charge in [0.15, 0.2) is 17.6 Å². The van der Waals surface area contributed by atoms with Gasteiger partial charge in [0.05, 0.1) is 20.6 Å². The fourth-order valence-electron chi connectivity index (χ4n) is 1.62. The number of carbonyl (C=O) groups is 3. The van der Waals surface area contributed by atoms with Crippen molar-refractivity contribution in [2.24, 2.45) is 0 Å². The first-order valence-electron chi connectivity index (χ1n) is 6.57. The maximum atomic E-state index is 11.5. The number of carboxylic acids is 1. The molecule has 0 radical (unpaired) electrons. The van der Waals surface area contributed by atoms with E-state index in [2.05, 4.69) is 4.74 Å². The number of esters is 2. The Morgan fingerprint density at radius 1 is 1.17 bits per heavy atom. The first-order chi connectivity index (χ1) is 11.3. The normalized spacial score (nSPS) is 11.8. The van der Waals surface area contributed by atoms with Crippen LogP contribution in [-0.2, 0) is 19.1 Å². The van der Waals surface area contributed by atoms with Crippen LogP contribution in [0, 0.1) is 0 Å². The van der Waals surface area contributed by atoms with Gasteiger partial charge in [0.25, 0.3) is 0 Å². The van der Waals surface area contributed by atoms with Crippen LogP contribution < -0.4 is 9.47 Å². The zero-order valence-electron chi connectivity index (χ0n) is 12.9. The summed E-state index contributed by atoms with van der Waals surface area (Å²) in [7, 11) is 2.66. The van der Waals surface area contributed by atoms with Gasteiger partial charge in [0.1, 0.15) is 0 Å². The number of carboxylic acid groups (broad SMARTS) is 1. The first-order valence-corrected chi connectivity index (χ1v) is 6.57. The third kappa shape index (κ3) is 5.29. The summed E-state index contributed by atoms with van der Waals surface area (Å²) in [5.41, 5.74) is 0.400. The van der Waals surface area contributed by atoms with Crippen molar-refractivity contribution in [3.8, 4) is 17.2 Å². The van der Waals surface area contributed by atoms with Gasteiger partial charge in [-0.2, -0.15) is 0 Å². The molecule has 130 valence electrons. The second-order valence-corrected chi connectivity index (χ2v) is 4.46. The van der Waals surface area contributed by atoms with Crippen LogP contribution in [0.4, 0.5) is 0 Å². The number of phenolic OH excluding ortho intramolecular Hbond substituents is 1. The van der Waals surface area contributed by atoms with E-state index < -0.39 is 30.4 Å². The summed E-state index contributed by atoms with van der Waals surface area (Å²) in [4.78, 5) is 33.1. The Bertz CT molecular complexity index is 638. The lowest BCUT2D eigenvalue weighted by atomic mass is 10.1. The van der Waals surface area contributed by atoms with Crippen molar-refractivity contribution in [2.45, 2.75) is 12.5 Å². The average Bonchev–Trinajstić information content (AvgIpc) is 2.53. The van der Waals surface area contributed by atoms with Crippen LogP contribution in [0.3, 0.4) is 0 Å². The summed E-state index contributed by atoms with van der Waals surface area (Å²) < 4.78 is 14.2. The van der Waals surface area contributed by atoms with Gasteiger partial charge in [-0.3, -0.25) is 4.79 Å². The number of aromatic hydroxyl groups is 1. The number of rotatable bonds is 7. The van der Waals surface area contributed by atoms with E-state index in [0.29, 0.717) is 5.56 Å². The molecule has 1 unspecified atom stereocenters. The van der Waals surface area contributed by atoms with Crippen LogP contribution in [0.25, 0.3) is 6.08 Å². The number of aliphatic hydroxyl groups is 1. The highest BCUT2D eigenvalue weighted by molar-refractivity contribution is 5.96. The molecule has 9 nitrogen and oxygen atoms in total. The fourth-order valence-corrected chi connectivity index (χ4v) is 1.62. The number of methoxy groups -OCH3 is 2. The monoisotopic (exact) mass is 340 g/mol. The maximum Gasteiger partial charge on any atom is 0.343 e. The molecule has 0 heterocycles. The minimum atomic E-state index is -1.94. The Morgan fingerprint density at radius 2 is 1.71 bits per heavy atom. The number of hydrogen-bond donors (Lipinski definition) is 3. The van der Waals surface area contributed by atoms with Gasteiger partial charge in [-0.15, -0.1) is 0 Å². The van der Waals surface area contributed by atoms with Gasteiger partial charge in [-0.1, -0.05) is 0 Å². The lowest BCUT2D eigenvalue weighted by Gasteiger charge is -2.09. The number of aliphatic hydroxyl groups excluding tert-OH is 1. The molecule has 0 spiro atoms. The molecular weight excluding hydrogens is 324 g/mol. The van der Waals surface area contributed by atoms with Crippen LogP contribution >= 0.6 is 0 Å². The van der Waals surface area contributed by atoms with Gasteiger partial charge < -0.3 is 29.5 Å². The zero-order valence-corrected chi connectivity index (χ0v) is 12.9. The molecule has 0 aromatic heterocycles. The highest BCUT2D eigenvalue weighted by Gasteiger charge is 2.22. The fraction of sp³-hybridized carbons (Fsp3) is 0.267. The average molecular weight is 340 g/mol. The van der Waals surface area contributed by atoms with Crippen molar-refractivity contribution in [3.63, 3.8) is 0 Å². The Balaban J connectivity index is 2.80. The highest BCUT2D eigenvalue weighted by atomic mass is 16.6. The van der Waals surface area contributed by atoms with Crippen molar-refractivity contribution >= 4 is 24.0 Å². The van der Waals surface area contributed by atoms with Crippen LogP contribution in [0.15, 0.2) is 18.2 Å². The van der Waals surface area contributed by atoms with Crippen molar-refractivity contribution in [1.29, 1.82) is 0 Å². The molecule has 0 aliphatic heterocycles. The van der Waals surface area contributed by atoms with Gasteiger partial charge in [-0.25, -0.2) is 9.59 Å². The van der Waals surface area contributed by atoms with Crippen molar-refractivity contribution in [1.82, 2.24) is 0 Å². The summed E-state index contributed by atoms with van der Waals surface area (Å²) in [6.07, 6.45) is -0.670. The summed E-state index contributed by atoms with van der Waals surface area (Å²) in [5, 5.41) is 27.4. The molecule has 0 amide bonds. The van der Waals surface area contributed by atoms with E-state index in [0.717, 1.165) is 6.08 Å². The van der Waals surface area contributed by atoms with Crippen molar-refractivity contribution < 1.29 is 43.9 Å². The molecular formula is C15H16O9. The van der Waals surface area contributed by atoms with E-state index in [4.69, 9.17) is 14.6 Å². The predicted molar refractivity (Wildman–Crippen MR) is 79.6 cm³/mol. The third-order valence-electron chi connectivity index (χ3n) is 2.76. The standard InChI is InChI=1S/C15H16O9/c1-22-10-5-8(6-11(23-2)14(10)20)3-4-13(19)24-15(21)9(16)7-12(17)18/h3-6,9,16,20H,7H2,1-2H3,(H,17,18). The van der Waals surface area contributed by atoms with Crippen LogP contribution in [0.1, 0.15) is 12.0 Å². The molecule has 1 aromatic carbocycles. The van der Waals surface area contributed by atoms with E-state index in [1.807, 2.05) is 0 Å². The number of benzene rings is 1. The molecule has 9 heteroatoms. The molecule has 0 bridgehead atoms. The van der Waals surface area contributed by atoms with Crippen molar-refractivity contribution in [3.05, 3.63) is 23.8 Å².